The topological polar surface area (TPSA) is 55.4 Å². The van der Waals surface area contributed by atoms with Crippen LogP contribution in [0.15, 0.2) is 84.4 Å². The van der Waals surface area contributed by atoms with Crippen LogP contribution in [0.2, 0.25) is 0 Å². The molecule has 0 aromatic heterocycles. The summed E-state index contributed by atoms with van der Waals surface area (Å²) in [6, 6.07) is 24.4. The molecule has 1 fully saturated rings. The number of rotatable bonds is 9. The van der Waals surface area contributed by atoms with Gasteiger partial charge in [0.15, 0.2) is 0 Å². The minimum atomic E-state index is -0.228. The second-order valence-electron chi connectivity index (χ2n) is 10.1. The Bertz CT molecular complexity index is 1270. The van der Waals surface area contributed by atoms with Crippen molar-refractivity contribution in [2.45, 2.75) is 63.2 Å². The first-order valence-corrected chi connectivity index (χ1v) is 13.2. The molecule has 6 nitrogen and oxygen atoms in total. The molecule has 3 aliphatic rings. The number of hydrogen-bond donors (Lipinski definition) is 0. The standard InChI is InChI=1S/C32H34O6/c1-20-31(36-19-22-12-8-5-9-13-22)28(35-18-21-10-6-4-7-11-21)17-26(37-20)23-16-27-29-24(33-2)14-15-25(34-3)30(29)32(23)38-27/h4-16,20,26-28,31-32H,17-19H2,1-3H3/t20-,26-,27-,28-,31-,32+/m1/s1. The summed E-state index contributed by atoms with van der Waals surface area (Å²) in [6.07, 6.45) is 1.81. The summed E-state index contributed by atoms with van der Waals surface area (Å²) >= 11 is 0. The molecule has 2 bridgehead atoms. The third-order valence-corrected chi connectivity index (χ3v) is 7.74. The summed E-state index contributed by atoms with van der Waals surface area (Å²) in [7, 11) is 3.38. The predicted octanol–water partition coefficient (Wildman–Crippen LogP) is 6.10. The van der Waals surface area contributed by atoms with Gasteiger partial charge in [-0.05, 0) is 41.8 Å². The number of hydrogen-bond acceptors (Lipinski definition) is 6. The average Bonchev–Trinajstić information content (AvgIpc) is 3.56. The first kappa shape index (κ1) is 25.1. The Kier molecular flexibility index (Phi) is 7.22. The van der Waals surface area contributed by atoms with Crippen LogP contribution in [-0.2, 0) is 32.2 Å². The van der Waals surface area contributed by atoms with Crippen molar-refractivity contribution in [3.63, 3.8) is 0 Å². The second-order valence-corrected chi connectivity index (χ2v) is 10.1. The van der Waals surface area contributed by atoms with Crippen molar-refractivity contribution < 1.29 is 28.4 Å². The molecule has 0 radical (unpaired) electrons. The summed E-state index contributed by atoms with van der Waals surface area (Å²) in [4.78, 5) is 0. The Morgan fingerprint density at radius 2 is 1.34 bits per heavy atom. The lowest BCUT2D eigenvalue weighted by atomic mass is 9.84. The summed E-state index contributed by atoms with van der Waals surface area (Å²) in [5, 5.41) is 0. The molecule has 0 N–H and O–H groups in total. The maximum absolute atomic E-state index is 6.63. The minimum Gasteiger partial charge on any atom is -0.496 e. The normalized spacial score (nSPS) is 27.6. The smallest absolute Gasteiger partial charge is 0.125 e. The molecule has 0 saturated carbocycles. The molecule has 6 rings (SSSR count). The fourth-order valence-electron chi connectivity index (χ4n) is 5.91. The Balaban J connectivity index is 1.24. The predicted molar refractivity (Wildman–Crippen MR) is 143 cm³/mol. The number of benzene rings is 3. The number of ether oxygens (including phenoxy) is 6. The fourth-order valence-corrected chi connectivity index (χ4v) is 5.91. The minimum absolute atomic E-state index is 0.139. The van der Waals surface area contributed by atoms with Crippen LogP contribution in [0.1, 0.15) is 47.8 Å². The maximum atomic E-state index is 6.63. The molecule has 3 aromatic rings. The van der Waals surface area contributed by atoms with E-state index in [1.165, 1.54) is 0 Å². The van der Waals surface area contributed by atoms with Crippen LogP contribution in [0.25, 0.3) is 0 Å². The monoisotopic (exact) mass is 514 g/mol. The first-order chi connectivity index (χ1) is 18.7. The van der Waals surface area contributed by atoms with Gasteiger partial charge in [0.25, 0.3) is 0 Å². The number of methoxy groups -OCH3 is 2. The van der Waals surface area contributed by atoms with Crippen molar-refractivity contribution in [2.24, 2.45) is 0 Å². The second kappa shape index (κ2) is 10.9. The first-order valence-electron chi connectivity index (χ1n) is 13.2. The maximum Gasteiger partial charge on any atom is 0.125 e. The molecule has 1 saturated heterocycles. The molecule has 3 aliphatic heterocycles. The third kappa shape index (κ3) is 4.74. The Labute approximate surface area is 224 Å². The van der Waals surface area contributed by atoms with Gasteiger partial charge in [0.1, 0.15) is 29.8 Å². The highest BCUT2D eigenvalue weighted by Gasteiger charge is 2.49. The molecule has 3 heterocycles. The quantitative estimate of drug-likeness (QED) is 0.322. The van der Waals surface area contributed by atoms with Gasteiger partial charge < -0.3 is 28.4 Å². The van der Waals surface area contributed by atoms with Crippen molar-refractivity contribution in [3.8, 4) is 11.5 Å². The summed E-state index contributed by atoms with van der Waals surface area (Å²) < 4.78 is 37.4. The SMILES string of the molecule is COc1ccc(OC)c2c1[C@H]1C=C([C@H]3C[C@@H](OCc4ccccc4)[C@H](OCc4ccccc4)[C@@H](C)O3)[C@@H]2O1. The molecular weight excluding hydrogens is 480 g/mol. The van der Waals surface area contributed by atoms with Crippen molar-refractivity contribution in [1.29, 1.82) is 0 Å². The van der Waals surface area contributed by atoms with Crippen LogP contribution in [0.3, 0.4) is 0 Å². The van der Waals surface area contributed by atoms with Crippen molar-refractivity contribution in [2.75, 3.05) is 14.2 Å². The highest BCUT2D eigenvalue weighted by atomic mass is 16.6. The molecule has 0 spiro atoms. The van der Waals surface area contributed by atoms with Gasteiger partial charge in [0, 0.05) is 17.5 Å². The molecule has 0 aliphatic carbocycles. The van der Waals surface area contributed by atoms with Gasteiger partial charge in [-0.1, -0.05) is 60.7 Å². The van der Waals surface area contributed by atoms with Crippen LogP contribution in [0.5, 0.6) is 11.5 Å². The summed E-state index contributed by atoms with van der Waals surface area (Å²) in [5.41, 5.74) is 5.47. The van der Waals surface area contributed by atoms with E-state index in [0.29, 0.717) is 19.6 Å². The average molecular weight is 515 g/mol. The van der Waals surface area contributed by atoms with Crippen molar-refractivity contribution in [3.05, 3.63) is 107 Å². The molecule has 38 heavy (non-hydrogen) atoms. The van der Waals surface area contributed by atoms with Gasteiger partial charge in [-0.3, -0.25) is 0 Å². The van der Waals surface area contributed by atoms with E-state index in [9.17, 15) is 0 Å². The van der Waals surface area contributed by atoms with Gasteiger partial charge in [0.2, 0.25) is 0 Å². The zero-order valence-corrected chi connectivity index (χ0v) is 22.0. The van der Waals surface area contributed by atoms with E-state index in [1.54, 1.807) is 14.2 Å². The largest absolute Gasteiger partial charge is 0.496 e. The highest BCUT2D eigenvalue weighted by molar-refractivity contribution is 5.59. The van der Waals surface area contributed by atoms with Crippen LogP contribution < -0.4 is 9.47 Å². The summed E-state index contributed by atoms with van der Waals surface area (Å²) in [5.74, 6) is 1.63. The van der Waals surface area contributed by atoms with E-state index in [-0.39, 0.29) is 36.6 Å². The van der Waals surface area contributed by atoms with Crippen molar-refractivity contribution in [1.82, 2.24) is 0 Å². The molecule has 3 aromatic carbocycles. The third-order valence-electron chi connectivity index (χ3n) is 7.74. The van der Waals surface area contributed by atoms with E-state index < -0.39 is 0 Å². The Morgan fingerprint density at radius 3 is 1.97 bits per heavy atom. The van der Waals surface area contributed by atoms with Crippen LogP contribution in [0, 0.1) is 0 Å². The van der Waals surface area contributed by atoms with Gasteiger partial charge in [-0.2, -0.15) is 0 Å². The van der Waals surface area contributed by atoms with Crippen LogP contribution in [0.4, 0.5) is 0 Å². The van der Waals surface area contributed by atoms with Gasteiger partial charge in [-0.15, -0.1) is 0 Å². The molecule has 198 valence electrons. The van der Waals surface area contributed by atoms with Crippen molar-refractivity contribution >= 4 is 0 Å². The number of fused-ring (bicyclic) bond motifs is 5. The molecular formula is C32H34O6. The molecule has 6 atom stereocenters. The lowest BCUT2D eigenvalue weighted by Crippen LogP contribution is -2.50. The fraction of sp³-hybridized carbons (Fsp3) is 0.375. The van der Waals surface area contributed by atoms with E-state index >= 15 is 0 Å². The lowest BCUT2D eigenvalue weighted by molar-refractivity contribution is -0.197. The van der Waals surface area contributed by atoms with Gasteiger partial charge >= 0.3 is 0 Å². The zero-order valence-electron chi connectivity index (χ0n) is 22.0. The Hall–Kier alpha value is -3.16. The summed E-state index contributed by atoms with van der Waals surface area (Å²) in [6.45, 7) is 3.11. The van der Waals surface area contributed by atoms with Gasteiger partial charge in [0.05, 0.1) is 45.7 Å². The lowest BCUT2D eigenvalue weighted by Gasteiger charge is -2.41. The zero-order chi connectivity index (χ0) is 26.1. The van der Waals surface area contributed by atoms with E-state index in [4.69, 9.17) is 28.4 Å². The molecule has 0 unspecified atom stereocenters. The van der Waals surface area contributed by atoms with E-state index in [0.717, 1.165) is 39.3 Å². The molecule has 0 amide bonds. The highest BCUT2D eigenvalue weighted by Crippen LogP contribution is 2.57. The van der Waals surface area contributed by atoms with E-state index in [2.05, 4.69) is 37.3 Å². The van der Waals surface area contributed by atoms with Crippen LogP contribution in [-0.4, -0.2) is 38.6 Å². The molecule has 6 heteroatoms. The Morgan fingerprint density at radius 1 is 0.737 bits per heavy atom. The van der Waals surface area contributed by atoms with Gasteiger partial charge in [-0.25, -0.2) is 0 Å². The van der Waals surface area contributed by atoms with Crippen LogP contribution >= 0.6 is 0 Å². The van der Waals surface area contributed by atoms with E-state index in [1.807, 2.05) is 48.5 Å².